The van der Waals surface area contributed by atoms with Crippen molar-refractivity contribution in [1.82, 2.24) is 0 Å². The van der Waals surface area contributed by atoms with Crippen LogP contribution in [-0.2, 0) is 18.9 Å². The van der Waals surface area contributed by atoms with Crippen LogP contribution in [0.4, 0.5) is 0 Å². The van der Waals surface area contributed by atoms with E-state index in [9.17, 15) is 20.4 Å². The van der Waals surface area contributed by atoms with E-state index in [1.165, 1.54) is 22.3 Å². The van der Waals surface area contributed by atoms with Gasteiger partial charge in [0.1, 0.15) is 73.8 Å². The Labute approximate surface area is 884 Å². The van der Waals surface area contributed by atoms with E-state index < -0.39 is 29.8 Å². The molecule has 0 aliphatic carbocycles. The molecule has 0 aliphatic rings. The minimum absolute atomic E-state index is 0.0293. The molecule has 149 heavy (non-hydrogen) atoms. The standard InChI is InChI=1S/C137H148O12/c1-93(105-49-25-13-26-50-105)117-73-125(97(5)109-57-33-17-34-58-109)133(126(74-117)98(6)110-59-35-18-36-60-110)146-85-121(138)81-142-89-137(90-143-82-122(139)86-147-134-127(99(7)111-61-37-19-38-62-111)75-118(94(2)106-51-27-14-28-52-106)76-128(134)100(8)112-63-39-20-40-64-112,91-144-83-123(140)87-148-135-129(101(9)113-65-41-21-42-66-113)77-119(95(3)107-53-29-15-30-54-107)78-130(135)102(10)114-67-43-22-44-68-114)92-145-84-124(141)88-149-136-131(103(11)115-69-45-23-46-70-115)79-120(96(4)108-55-31-16-32-56-108)80-132(136)104(12)116-71-47-24-48-72-116/h13-80,93-104,121-124,138-141H,81-92H2,1-12H3. The SMILES string of the molecule is CC(c1ccccc1)c1cc(C(C)c2ccccc2)c(OCC(O)COCC(COCC(O)COc2c(C(C)c3ccccc3)cc(C(C)c3ccccc3)cc2C(C)c2ccccc2)(COCC(O)COc2c(C(C)c3ccccc3)cc(C(C)c3ccccc3)cc2C(C)c2ccccc2)COCC(O)COc2c(C(C)c3ccccc3)cc(C(C)c3ccccc3)cc2C(C)c2ccccc2)c(C(C)c2ccccc2)c1. The van der Waals surface area contributed by atoms with Gasteiger partial charge in [0, 0.05) is 116 Å². The molecule has 0 spiro atoms. The van der Waals surface area contributed by atoms with Crippen LogP contribution in [-0.4, -0.2) is 124 Å². The van der Waals surface area contributed by atoms with Gasteiger partial charge in [-0.05, 0) is 89.0 Å². The molecule has 768 valence electrons. The van der Waals surface area contributed by atoms with Gasteiger partial charge in [-0.3, -0.25) is 0 Å². The minimum atomic E-state index is -1.32. The molecular weight excluding hydrogens is 1840 g/mol. The maximum absolute atomic E-state index is 12.8. The second kappa shape index (κ2) is 53.0. The first kappa shape index (κ1) is 108. The predicted molar refractivity (Wildman–Crippen MR) is 605 cm³/mol. The molecule has 16 unspecified atom stereocenters. The summed E-state index contributed by atoms with van der Waals surface area (Å²) < 4.78 is 56.8. The predicted octanol–water partition coefficient (Wildman–Crippen LogP) is 29.6. The van der Waals surface area contributed by atoms with Gasteiger partial charge < -0.3 is 58.3 Å². The Kier molecular flexibility index (Phi) is 38.5. The number of aliphatic hydroxyl groups is 4. The summed E-state index contributed by atoms with van der Waals surface area (Å²) in [5.41, 5.74) is 24.8. The van der Waals surface area contributed by atoms with E-state index in [0.717, 1.165) is 111 Å². The first-order valence-electron chi connectivity index (χ1n) is 53.4. The van der Waals surface area contributed by atoms with Crippen LogP contribution in [0.1, 0.15) is 288 Å². The average molecular weight is 1990 g/mol. The lowest BCUT2D eigenvalue weighted by Crippen LogP contribution is -2.44. The summed E-state index contributed by atoms with van der Waals surface area (Å²) in [6, 6.07) is 145. The summed E-state index contributed by atoms with van der Waals surface area (Å²) in [6.07, 6.45) is -4.80. The lowest BCUT2D eigenvalue weighted by molar-refractivity contribution is -0.135. The van der Waals surface area contributed by atoms with Crippen LogP contribution in [0.2, 0.25) is 0 Å². The number of ether oxygens (including phenoxy) is 8. The lowest BCUT2D eigenvalue weighted by Gasteiger charge is -2.34. The van der Waals surface area contributed by atoms with Crippen LogP contribution in [0.3, 0.4) is 0 Å². The fourth-order valence-corrected chi connectivity index (χ4v) is 20.9. The highest BCUT2D eigenvalue weighted by Gasteiger charge is 2.37. The normalized spacial score (nSPS) is 15.3. The van der Waals surface area contributed by atoms with E-state index in [2.05, 4.69) is 447 Å². The van der Waals surface area contributed by atoms with Crippen molar-refractivity contribution in [1.29, 1.82) is 0 Å². The Morgan fingerprint density at radius 2 is 0.268 bits per heavy atom. The summed E-state index contributed by atoms with van der Waals surface area (Å²) in [6.45, 7) is 24.7. The molecule has 0 aliphatic heterocycles. The zero-order valence-electron chi connectivity index (χ0n) is 88.5. The van der Waals surface area contributed by atoms with Crippen molar-refractivity contribution in [2.75, 3.05) is 79.3 Å². The largest absolute Gasteiger partial charge is 0.490 e. The molecule has 0 heterocycles. The highest BCUT2D eigenvalue weighted by molar-refractivity contribution is 5.60. The molecule has 0 fully saturated rings. The molecular formula is C137H148O12. The van der Waals surface area contributed by atoms with Gasteiger partial charge in [-0.15, -0.1) is 0 Å². The molecule has 4 N–H and O–H groups in total. The zero-order chi connectivity index (χ0) is 104. The van der Waals surface area contributed by atoms with Crippen LogP contribution >= 0.6 is 0 Å². The Balaban J connectivity index is 0.753. The third kappa shape index (κ3) is 27.9. The Morgan fingerprint density at radius 1 is 0.154 bits per heavy atom. The average Bonchev–Trinajstić information content (AvgIpc) is 0.783. The number of aliphatic hydroxyl groups excluding tert-OH is 4. The summed E-state index contributed by atoms with van der Waals surface area (Å²) in [5, 5.41) is 51.2. The smallest absolute Gasteiger partial charge is 0.127 e. The maximum atomic E-state index is 12.8. The number of rotatable bonds is 52. The van der Waals surface area contributed by atoms with Crippen LogP contribution in [0.25, 0.3) is 0 Å². The summed E-state index contributed by atoms with van der Waals surface area (Å²) in [5.74, 6) is 1.85. The van der Waals surface area contributed by atoms with E-state index in [0.29, 0.717) is 23.0 Å². The van der Waals surface area contributed by atoms with E-state index in [1.807, 2.05) is 48.5 Å². The van der Waals surface area contributed by atoms with E-state index >= 15 is 0 Å². The van der Waals surface area contributed by atoms with Crippen molar-refractivity contribution in [3.05, 3.63) is 546 Å². The Bertz CT molecular complexity index is 5660. The van der Waals surface area contributed by atoms with Crippen LogP contribution < -0.4 is 18.9 Å². The summed E-state index contributed by atoms with van der Waals surface area (Å²) >= 11 is 0. The van der Waals surface area contributed by atoms with Gasteiger partial charge >= 0.3 is 0 Å². The van der Waals surface area contributed by atoms with Gasteiger partial charge in [0.05, 0.1) is 58.3 Å². The fourth-order valence-electron chi connectivity index (χ4n) is 20.9. The number of hydrogen-bond donors (Lipinski definition) is 4. The van der Waals surface area contributed by atoms with Crippen molar-refractivity contribution < 1.29 is 58.3 Å². The lowest BCUT2D eigenvalue weighted by atomic mass is 9.81. The van der Waals surface area contributed by atoms with Gasteiger partial charge in [-0.25, -0.2) is 0 Å². The number of benzene rings is 16. The molecule has 0 amide bonds. The molecule has 16 rings (SSSR count). The van der Waals surface area contributed by atoms with Crippen molar-refractivity contribution in [2.45, 2.75) is 179 Å². The molecule has 0 radical (unpaired) electrons. The highest BCUT2D eigenvalue weighted by Crippen LogP contribution is 2.50. The fraction of sp³-hybridized carbons (Fsp3) is 0.299. The molecule has 12 heteroatoms. The molecule has 16 atom stereocenters. The maximum Gasteiger partial charge on any atom is 0.127 e. The summed E-state index contributed by atoms with van der Waals surface area (Å²) in [4.78, 5) is 0. The van der Waals surface area contributed by atoms with Gasteiger partial charge in [0.25, 0.3) is 0 Å². The van der Waals surface area contributed by atoms with E-state index in [4.69, 9.17) is 37.9 Å². The van der Waals surface area contributed by atoms with E-state index in [-0.39, 0.29) is 150 Å². The van der Waals surface area contributed by atoms with Gasteiger partial charge in [0.15, 0.2) is 0 Å². The molecule has 16 aromatic carbocycles. The van der Waals surface area contributed by atoms with Crippen molar-refractivity contribution >= 4 is 0 Å². The first-order chi connectivity index (χ1) is 72.5. The minimum Gasteiger partial charge on any atom is -0.490 e. The number of hydrogen-bond acceptors (Lipinski definition) is 12. The first-order valence-corrected chi connectivity index (χ1v) is 53.4. The second-order valence-corrected chi connectivity index (χ2v) is 41.1. The van der Waals surface area contributed by atoms with Crippen molar-refractivity contribution in [3.63, 3.8) is 0 Å². The quantitative estimate of drug-likeness (QED) is 0.0287. The van der Waals surface area contributed by atoms with Crippen LogP contribution in [0.15, 0.2) is 413 Å². The highest BCUT2D eigenvalue weighted by atomic mass is 16.5. The van der Waals surface area contributed by atoms with Gasteiger partial charge in [-0.1, -0.05) is 496 Å². The Hall–Kier alpha value is -13.6. The molecule has 0 saturated heterocycles. The molecule has 0 bridgehead atoms. The monoisotopic (exact) mass is 1990 g/mol. The molecule has 0 saturated carbocycles. The summed E-state index contributed by atoms with van der Waals surface area (Å²) in [7, 11) is 0. The Morgan fingerprint density at radius 3 is 0.389 bits per heavy atom. The third-order valence-corrected chi connectivity index (χ3v) is 30.6. The second-order valence-electron chi connectivity index (χ2n) is 41.1. The third-order valence-electron chi connectivity index (χ3n) is 30.6. The van der Waals surface area contributed by atoms with Crippen molar-refractivity contribution in [2.24, 2.45) is 5.41 Å². The van der Waals surface area contributed by atoms with E-state index in [1.54, 1.807) is 0 Å². The zero-order valence-corrected chi connectivity index (χ0v) is 88.5. The molecule has 0 aromatic heterocycles. The molecule has 12 nitrogen and oxygen atoms in total. The van der Waals surface area contributed by atoms with Gasteiger partial charge in [0.2, 0.25) is 0 Å². The van der Waals surface area contributed by atoms with Crippen LogP contribution in [0, 0.1) is 5.41 Å². The molecule has 16 aromatic rings. The topological polar surface area (TPSA) is 155 Å². The van der Waals surface area contributed by atoms with Gasteiger partial charge in [-0.2, -0.15) is 0 Å². The van der Waals surface area contributed by atoms with Crippen LogP contribution in [0.5, 0.6) is 23.0 Å². The van der Waals surface area contributed by atoms with Crippen molar-refractivity contribution in [3.8, 4) is 23.0 Å².